The number of piperazine rings is 1. The number of hydrogen-bond acceptors (Lipinski definition) is 13. The molecule has 0 radical (unpaired) electrons. The maximum atomic E-state index is 13.7. The highest BCUT2D eigenvalue weighted by Crippen LogP contribution is 2.37. The van der Waals surface area contributed by atoms with Crippen LogP contribution in [0, 0.1) is 12.8 Å². The second-order valence-electron chi connectivity index (χ2n) is 19.8. The number of likely N-dealkylation sites (tertiary alicyclic amines) is 1. The second-order valence-corrected chi connectivity index (χ2v) is 20.8. The number of aromatic nitrogens is 4. The Balaban J connectivity index is 0.655. The van der Waals surface area contributed by atoms with E-state index in [1.165, 1.54) is 11.3 Å². The molecule has 376 valence electrons. The van der Waals surface area contributed by atoms with Crippen LogP contribution in [-0.4, -0.2) is 124 Å². The van der Waals surface area contributed by atoms with Gasteiger partial charge in [0, 0.05) is 82.3 Å². The Hall–Kier alpha value is -7.21. The number of amides is 3. The molecular formula is C56H60N10O6S. The number of carbonyl (C=O) groups excluding carboxylic acids is 3. The van der Waals surface area contributed by atoms with E-state index in [2.05, 4.69) is 42.5 Å². The van der Waals surface area contributed by atoms with Crippen LogP contribution in [0.3, 0.4) is 0 Å². The summed E-state index contributed by atoms with van der Waals surface area (Å²) < 4.78 is 9.32. The number of ether oxygens (including phenoxy) is 1. The van der Waals surface area contributed by atoms with Gasteiger partial charge < -0.3 is 24.5 Å². The van der Waals surface area contributed by atoms with Crippen LogP contribution in [0.2, 0.25) is 0 Å². The third-order valence-electron chi connectivity index (χ3n) is 15.4. The van der Waals surface area contributed by atoms with Crippen molar-refractivity contribution >= 4 is 72.8 Å². The number of rotatable bonds is 14. The second kappa shape index (κ2) is 20.7. The maximum Gasteiger partial charge on any atom is 0.355 e. The third kappa shape index (κ3) is 10.0. The normalized spacial score (nSPS) is 18.0. The number of nitrogens with one attached hydrogen (secondary N) is 2. The summed E-state index contributed by atoms with van der Waals surface area (Å²) in [6.07, 6.45) is 4.72. The predicted octanol–water partition coefficient (Wildman–Crippen LogP) is 7.89. The van der Waals surface area contributed by atoms with Gasteiger partial charge in [-0.1, -0.05) is 59.9 Å². The van der Waals surface area contributed by atoms with Crippen LogP contribution in [0.4, 0.5) is 16.6 Å². The van der Waals surface area contributed by atoms with Gasteiger partial charge in [0.25, 0.3) is 5.91 Å². The van der Waals surface area contributed by atoms with Crippen molar-refractivity contribution < 1.29 is 29.0 Å². The first kappa shape index (κ1) is 48.1. The number of hydrogen-bond donors (Lipinski definition) is 3. The van der Waals surface area contributed by atoms with E-state index in [1.807, 2.05) is 102 Å². The monoisotopic (exact) mass is 1000 g/mol. The van der Waals surface area contributed by atoms with Crippen LogP contribution in [0.5, 0.6) is 5.75 Å². The lowest BCUT2D eigenvalue weighted by atomic mass is 9.92. The van der Waals surface area contributed by atoms with Crippen LogP contribution in [0.25, 0.3) is 32.2 Å². The van der Waals surface area contributed by atoms with Gasteiger partial charge >= 0.3 is 5.97 Å². The van der Waals surface area contributed by atoms with Crippen molar-refractivity contribution in [1.82, 2.24) is 34.9 Å². The summed E-state index contributed by atoms with van der Waals surface area (Å²) in [6, 6.07) is 29.3. The number of para-hydroxylation sites is 2. The minimum absolute atomic E-state index is 0.0264. The van der Waals surface area contributed by atoms with Gasteiger partial charge in [0.15, 0.2) is 10.8 Å². The number of aryl methyl sites for hydroxylation is 1. The molecule has 3 saturated heterocycles. The highest BCUT2D eigenvalue weighted by atomic mass is 32.1. The number of thiazole rings is 1. The standard InChI is InChI=1S/C56H60N10O6S/c1-35-38(39-16-18-48(58-51(39)55(70)71)66-26-22-37-8-5-10-40(43(37)34-66)53(68)60-56-57-44-12-3-4-15-47(44)73-56)9-7-14-46(35)72-33-23-36-20-24-63(25-21-36)27-28-64-29-31-65(32-30-64)45-13-6-11-41-50(61-62(2)52(41)45)42-17-19-49(67)59-54(42)69/h3-16,18,36,42H,17,19-34H2,1-2H3,(H,70,71)(H,57,60,68)(H,59,67,69). The summed E-state index contributed by atoms with van der Waals surface area (Å²) >= 11 is 1.44. The number of fused-ring (bicyclic) bond motifs is 3. The molecule has 3 aromatic heterocycles. The summed E-state index contributed by atoms with van der Waals surface area (Å²) in [5.74, 6) is -0.367. The van der Waals surface area contributed by atoms with Gasteiger partial charge in [0.2, 0.25) is 11.8 Å². The number of pyridine rings is 1. The lowest BCUT2D eigenvalue weighted by molar-refractivity contribution is -0.134. The van der Waals surface area contributed by atoms with E-state index in [-0.39, 0.29) is 23.4 Å². The van der Waals surface area contributed by atoms with E-state index >= 15 is 0 Å². The largest absolute Gasteiger partial charge is 0.493 e. The predicted molar refractivity (Wildman–Crippen MR) is 284 cm³/mol. The van der Waals surface area contributed by atoms with E-state index < -0.39 is 11.9 Å². The van der Waals surface area contributed by atoms with Crippen LogP contribution < -0.4 is 25.2 Å². The lowest BCUT2D eigenvalue weighted by Gasteiger charge is -2.38. The average molecular weight is 1000 g/mol. The number of anilines is 3. The molecule has 16 nitrogen and oxygen atoms in total. The first-order valence-electron chi connectivity index (χ1n) is 25.5. The molecule has 7 heterocycles. The molecule has 4 aliphatic heterocycles. The zero-order valence-electron chi connectivity index (χ0n) is 41.3. The quantitative estimate of drug-likeness (QED) is 0.0898. The Bertz CT molecular complexity index is 3210. The highest BCUT2D eigenvalue weighted by molar-refractivity contribution is 7.22. The molecule has 11 rings (SSSR count). The summed E-state index contributed by atoms with van der Waals surface area (Å²) in [5.41, 5.74) is 8.45. The first-order valence-corrected chi connectivity index (χ1v) is 26.3. The highest BCUT2D eigenvalue weighted by Gasteiger charge is 2.33. The Morgan fingerprint density at radius 2 is 1.59 bits per heavy atom. The molecule has 4 aliphatic rings. The number of carboxylic acids is 1. The van der Waals surface area contributed by atoms with Crippen LogP contribution in [-0.2, 0) is 29.6 Å². The van der Waals surface area contributed by atoms with E-state index in [4.69, 9.17) is 14.8 Å². The molecule has 4 aromatic carbocycles. The van der Waals surface area contributed by atoms with Crippen molar-refractivity contribution in [3.63, 3.8) is 0 Å². The minimum Gasteiger partial charge on any atom is -0.493 e. The number of aromatic carboxylic acids is 1. The SMILES string of the molecule is Cc1c(OCCC2CCN(CCN3CCN(c4cccc5c(C6CCC(=O)NC6=O)nn(C)c45)CC3)CC2)cccc1-c1ccc(N2CCc3cccc(C(=O)Nc4nc5ccccc5s4)c3C2)nc1C(=O)O. The van der Waals surface area contributed by atoms with E-state index in [0.29, 0.717) is 67.0 Å². The molecule has 1 atom stereocenters. The zero-order valence-corrected chi connectivity index (χ0v) is 42.1. The molecule has 17 heteroatoms. The van der Waals surface area contributed by atoms with Gasteiger partial charge in [0.1, 0.15) is 11.6 Å². The Morgan fingerprint density at radius 1 is 0.808 bits per heavy atom. The zero-order chi connectivity index (χ0) is 50.2. The van der Waals surface area contributed by atoms with Crippen LogP contribution >= 0.6 is 11.3 Å². The van der Waals surface area contributed by atoms with Crippen molar-refractivity contribution in [3.05, 3.63) is 125 Å². The van der Waals surface area contributed by atoms with E-state index in [0.717, 1.165) is 132 Å². The Labute approximate surface area is 428 Å². The van der Waals surface area contributed by atoms with Gasteiger partial charge in [0.05, 0.1) is 39.6 Å². The summed E-state index contributed by atoms with van der Waals surface area (Å²) in [4.78, 5) is 70.0. The topological polar surface area (TPSA) is 178 Å². The molecule has 0 aliphatic carbocycles. The van der Waals surface area contributed by atoms with Crippen LogP contribution in [0.1, 0.15) is 81.3 Å². The van der Waals surface area contributed by atoms with E-state index in [1.54, 1.807) is 0 Å². The molecule has 0 spiro atoms. The third-order valence-corrected chi connectivity index (χ3v) is 16.3. The molecule has 1 unspecified atom stereocenters. The molecule has 3 N–H and O–H groups in total. The van der Waals surface area contributed by atoms with Crippen LogP contribution in [0.15, 0.2) is 91.0 Å². The van der Waals surface area contributed by atoms with E-state index in [9.17, 15) is 24.3 Å². The number of carbonyl (C=O) groups is 4. The van der Waals surface area contributed by atoms with Crippen molar-refractivity contribution in [2.24, 2.45) is 13.0 Å². The maximum absolute atomic E-state index is 13.7. The number of benzene rings is 4. The summed E-state index contributed by atoms with van der Waals surface area (Å²) in [6.45, 7) is 11.6. The molecule has 3 amide bonds. The Kier molecular flexibility index (Phi) is 13.6. The van der Waals surface area contributed by atoms with Gasteiger partial charge in [-0.25, -0.2) is 14.8 Å². The van der Waals surface area contributed by atoms with Gasteiger partial charge in [-0.3, -0.25) is 34.6 Å². The smallest absolute Gasteiger partial charge is 0.355 e. The number of imide groups is 1. The van der Waals surface area contributed by atoms with Gasteiger partial charge in [-0.2, -0.15) is 5.10 Å². The first-order chi connectivity index (χ1) is 35.5. The molecule has 3 fully saturated rings. The molecule has 73 heavy (non-hydrogen) atoms. The fourth-order valence-electron chi connectivity index (χ4n) is 11.3. The van der Waals surface area contributed by atoms with Crippen molar-refractivity contribution in [2.75, 3.05) is 80.6 Å². The average Bonchev–Trinajstić information content (AvgIpc) is 3.98. The number of nitrogens with zero attached hydrogens (tertiary/aromatic N) is 8. The fraction of sp³-hybridized carbons (Fsp3) is 0.375. The van der Waals surface area contributed by atoms with Gasteiger partial charge in [-0.15, -0.1) is 0 Å². The minimum atomic E-state index is -1.11. The molecule has 0 bridgehead atoms. The number of piperidine rings is 2. The molecular weight excluding hydrogens is 941 g/mol. The van der Waals surface area contributed by atoms with Crippen molar-refractivity contribution in [1.29, 1.82) is 0 Å². The van der Waals surface area contributed by atoms with Crippen molar-refractivity contribution in [2.45, 2.75) is 57.9 Å². The fourth-order valence-corrected chi connectivity index (χ4v) is 12.1. The Morgan fingerprint density at radius 3 is 2.38 bits per heavy atom. The molecule has 0 saturated carbocycles. The van der Waals surface area contributed by atoms with Crippen molar-refractivity contribution in [3.8, 4) is 16.9 Å². The lowest BCUT2D eigenvalue weighted by Crippen LogP contribution is -2.49. The summed E-state index contributed by atoms with van der Waals surface area (Å²) in [7, 11) is 1.94. The summed E-state index contributed by atoms with van der Waals surface area (Å²) in [5, 5.41) is 22.3. The van der Waals surface area contributed by atoms with Gasteiger partial charge in [-0.05, 0) is 123 Å². The number of carboxylic acid groups (broad SMARTS) is 1. The molecule has 7 aromatic rings.